The predicted molar refractivity (Wildman–Crippen MR) is 148 cm³/mol. The number of thiophene rings is 1. The number of nitrogens with zero attached hydrogens (tertiary/aromatic N) is 4. The number of carbonyl (C=O) groups excluding carboxylic acids is 3. The number of para-hydroxylation sites is 1. The minimum absolute atomic E-state index is 0.00315. The normalized spacial score (nSPS) is 11.5. The number of carbonyl (C=O) groups is 3. The first-order valence-electron chi connectivity index (χ1n) is 11.7. The van der Waals surface area contributed by atoms with Gasteiger partial charge in [0.2, 0.25) is 5.91 Å². The molecule has 1 atom stereocenters. The van der Waals surface area contributed by atoms with Crippen LogP contribution in [-0.2, 0) is 16.1 Å². The molecule has 10 nitrogen and oxygen atoms in total. The van der Waals surface area contributed by atoms with E-state index in [1.165, 1.54) is 23.8 Å². The van der Waals surface area contributed by atoms with E-state index in [1.807, 2.05) is 42.7 Å². The fraction of sp³-hybridized carbons (Fsp3) is 0.346. The molecule has 12 heteroatoms. The van der Waals surface area contributed by atoms with E-state index in [4.69, 9.17) is 9.47 Å². The maximum atomic E-state index is 12.9. The Morgan fingerprint density at radius 1 is 1.24 bits per heavy atom. The lowest BCUT2D eigenvalue weighted by molar-refractivity contribution is -0.113. The largest absolute Gasteiger partial charge is 0.482 e. The van der Waals surface area contributed by atoms with Crippen LogP contribution in [0.3, 0.4) is 0 Å². The van der Waals surface area contributed by atoms with Crippen molar-refractivity contribution in [3.63, 3.8) is 0 Å². The molecule has 3 aromatic rings. The lowest BCUT2D eigenvalue weighted by Gasteiger charge is -2.17. The Bertz CT molecular complexity index is 1350. The van der Waals surface area contributed by atoms with Crippen LogP contribution in [0.1, 0.15) is 50.0 Å². The Kier molecular flexibility index (Phi) is 9.70. The molecule has 2 amide bonds. The molecule has 2 aromatic heterocycles. The van der Waals surface area contributed by atoms with Crippen LogP contribution in [0.2, 0.25) is 0 Å². The third-order valence-electron chi connectivity index (χ3n) is 5.54. The molecule has 0 saturated heterocycles. The summed E-state index contributed by atoms with van der Waals surface area (Å²) < 4.78 is 12.8. The van der Waals surface area contributed by atoms with Gasteiger partial charge in [-0.05, 0) is 38.0 Å². The van der Waals surface area contributed by atoms with Crippen LogP contribution in [0.5, 0.6) is 5.75 Å². The Balaban J connectivity index is 1.77. The van der Waals surface area contributed by atoms with Crippen LogP contribution < -0.4 is 10.1 Å². The van der Waals surface area contributed by atoms with Crippen LogP contribution >= 0.6 is 23.1 Å². The standard InChI is InChI=1S/C26H31N5O5S2/c1-8-13-31-22(17(4)36-18-12-10-9-11-15(18)2)28-29-26(31)37-14-19(32)27-23-20(25(34)35-7)16(3)21(38-23)24(33)30(5)6/h8-12,17H,1,13-14H2,2-7H3,(H,27,32). The number of nitrogens with one attached hydrogen (secondary N) is 1. The molecule has 2 heterocycles. The molecule has 0 spiro atoms. The molecule has 0 radical (unpaired) electrons. The number of ether oxygens (including phenoxy) is 2. The van der Waals surface area contributed by atoms with E-state index in [-0.39, 0.29) is 28.1 Å². The number of aromatic nitrogens is 3. The number of hydrogen-bond donors (Lipinski definition) is 1. The van der Waals surface area contributed by atoms with E-state index in [2.05, 4.69) is 22.1 Å². The summed E-state index contributed by atoms with van der Waals surface area (Å²) in [5.41, 5.74) is 1.63. The van der Waals surface area contributed by atoms with Gasteiger partial charge in [-0.2, -0.15) is 0 Å². The molecule has 0 aliphatic carbocycles. The molecule has 0 saturated carbocycles. The van der Waals surface area contributed by atoms with E-state index in [0.29, 0.717) is 28.0 Å². The third-order valence-corrected chi connectivity index (χ3v) is 7.70. The summed E-state index contributed by atoms with van der Waals surface area (Å²) >= 11 is 2.23. The zero-order valence-corrected chi connectivity index (χ0v) is 23.9. The summed E-state index contributed by atoms with van der Waals surface area (Å²) in [7, 11) is 4.49. The molecule has 1 aromatic carbocycles. The van der Waals surface area contributed by atoms with Gasteiger partial charge in [0.1, 0.15) is 10.8 Å². The Morgan fingerprint density at radius 2 is 1.95 bits per heavy atom. The number of aryl methyl sites for hydroxylation is 1. The fourth-order valence-corrected chi connectivity index (χ4v) is 5.58. The molecule has 3 rings (SSSR count). The molecule has 0 fully saturated rings. The van der Waals surface area contributed by atoms with E-state index in [9.17, 15) is 14.4 Å². The number of thioether (sulfide) groups is 1. The lowest BCUT2D eigenvalue weighted by Crippen LogP contribution is -2.21. The molecule has 1 N–H and O–H groups in total. The van der Waals surface area contributed by atoms with Gasteiger partial charge in [0.05, 0.1) is 23.3 Å². The van der Waals surface area contributed by atoms with Gasteiger partial charge in [-0.3, -0.25) is 14.2 Å². The molecule has 1 unspecified atom stereocenters. The number of amides is 2. The van der Waals surface area contributed by atoms with Crippen molar-refractivity contribution in [3.8, 4) is 5.75 Å². The SMILES string of the molecule is C=CCn1c(SCC(=O)Nc2sc(C(=O)N(C)C)c(C)c2C(=O)OC)nnc1C(C)Oc1ccccc1C. The Morgan fingerprint density at radius 3 is 2.58 bits per heavy atom. The zero-order chi connectivity index (χ0) is 28.0. The van der Waals surface area contributed by atoms with Gasteiger partial charge in [0, 0.05) is 20.6 Å². The van der Waals surface area contributed by atoms with Gasteiger partial charge >= 0.3 is 5.97 Å². The number of rotatable bonds is 11. The highest BCUT2D eigenvalue weighted by molar-refractivity contribution is 7.99. The van der Waals surface area contributed by atoms with Crippen molar-refractivity contribution < 1.29 is 23.9 Å². The van der Waals surface area contributed by atoms with Crippen LogP contribution in [0, 0.1) is 13.8 Å². The monoisotopic (exact) mass is 557 g/mol. The second-order valence-electron chi connectivity index (χ2n) is 8.55. The molecule has 202 valence electrons. The maximum Gasteiger partial charge on any atom is 0.341 e. The van der Waals surface area contributed by atoms with E-state index >= 15 is 0 Å². The third kappa shape index (κ3) is 6.43. The number of anilines is 1. The van der Waals surface area contributed by atoms with Crippen molar-refractivity contribution >= 4 is 45.9 Å². The first-order valence-corrected chi connectivity index (χ1v) is 13.5. The average molecular weight is 558 g/mol. The molecule has 0 bridgehead atoms. The van der Waals surface area contributed by atoms with Crippen LogP contribution in [0.25, 0.3) is 0 Å². The highest BCUT2D eigenvalue weighted by atomic mass is 32.2. The van der Waals surface area contributed by atoms with Gasteiger partial charge in [-0.15, -0.1) is 28.1 Å². The zero-order valence-electron chi connectivity index (χ0n) is 22.2. The highest BCUT2D eigenvalue weighted by Crippen LogP contribution is 2.35. The second-order valence-corrected chi connectivity index (χ2v) is 10.5. The molecule has 38 heavy (non-hydrogen) atoms. The quantitative estimate of drug-likeness (QED) is 0.208. The Hall–Kier alpha value is -3.64. The van der Waals surface area contributed by atoms with Gasteiger partial charge in [-0.25, -0.2) is 4.79 Å². The van der Waals surface area contributed by atoms with Gasteiger partial charge in [-0.1, -0.05) is 36.0 Å². The summed E-state index contributed by atoms with van der Waals surface area (Å²) in [6.45, 7) is 9.76. The summed E-state index contributed by atoms with van der Waals surface area (Å²) in [5.74, 6) is 0.0872. The fourth-order valence-electron chi connectivity index (χ4n) is 3.59. The minimum atomic E-state index is -0.627. The average Bonchev–Trinajstić information content (AvgIpc) is 3.43. The van der Waals surface area contributed by atoms with Crippen LogP contribution in [0.15, 0.2) is 42.1 Å². The smallest absolute Gasteiger partial charge is 0.341 e. The van der Waals surface area contributed by atoms with E-state index in [0.717, 1.165) is 22.6 Å². The molecule has 0 aliphatic rings. The molecular formula is C26H31N5O5S2. The van der Waals surface area contributed by atoms with Crippen molar-refractivity contribution in [1.29, 1.82) is 0 Å². The lowest BCUT2D eigenvalue weighted by atomic mass is 10.1. The molecular weight excluding hydrogens is 526 g/mol. The summed E-state index contributed by atoms with van der Waals surface area (Å²) in [5, 5.41) is 12.1. The molecule has 0 aliphatic heterocycles. The number of benzene rings is 1. The van der Waals surface area contributed by atoms with Gasteiger partial charge < -0.3 is 19.7 Å². The van der Waals surface area contributed by atoms with Crippen molar-refractivity contribution in [2.45, 2.75) is 38.6 Å². The first kappa shape index (κ1) is 28.9. The summed E-state index contributed by atoms with van der Waals surface area (Å²) in [6.07, 6.45) is 1.33. The number of methoxy groups -OCH3 is 1. The summed E-state index contributed by atoms with van der Waals surface area (Å²) in [6, 6.07) is 7.71. The minimum Gasteiger partial charge on any atom is -0.482 e. The first-order chi connectivity index (χ1) is 18.1. The van der Waals surface area contributed by atoms with Crippen LogP contribution in [-0.4, -0.2) is 64.4 Å². The van der Waals surface area contributed by atoms with Crippen LogP contribution in [0.4, 0.5) is 5.00 Å². The van der Waals surface area contributed by atoms with Crippen molar-refractivity contribution in [2.24, 2.45) is 0 Å². The van der Waals surface area contributed by atoms with E-state index < -0.39 is 12.1 Å². The van der Waals surface area contributed by atoms with Crippen molar-refractivity contribution in [1.82, 2.24) is 19.7 Å². The van der Waals surface area contributed by atoms with Gasteiger partial charge in [0.15, 0.2) is 17.1 Å². The predicted octanol–water partition coefficient (Wildman–Crippen LogP) is 4.50. The maximum absolute atomic E-state index is 12.9. The second kappa shape index (κ2) is 12.7. The summed E-state index contributed by atoms with van der Waals surface area (Å²) in [4.78, 5) is 39.6. The van der Waals surface area contributed by atoms with Gasteiger partial charge in [0.25, 0.3) is 5.91 Å². The van der Waals surface area contributed by atoms with Crippen molar-refractivity contribution in [2.75, 3.05) is 32.3 Å². The number of allylic oxidation sites excluding steroid dienone is 1. The number of esters is 1. The topological polar surface area (TPSA) is 116 Å². The van der Waals surface area contributed by atoms with E-state index in [1.54, 1.807) is 27.1 Å². The van der Waals surface area contributed by atoms with Crippen molar-refractivity contribution in [3.05, 3.63) is 64.3 Å². The number of hydrogen-bond acceptors (Lipinski definition) is 9. The Labute approximate surface area is 230 Å². The highest BCUT2D eigenvalue weighted by Gasteiger charge is 2.27.